The van der Waals surface area contributed by atoms with Gasteiger partial charge in [0.05, 0.1) is 16.4 Å². The van der Waals surface area contributed by atoms with Crippen LogP contribution < -0.4 is 10.1 Å². The third-order valence-corrected chi connectivity index (χ3v) is 7.05. The lowest BCUT2D eigenvalue weighted by molar-refractivity contribution is -0.384. The van der Waals surface area contributed by atoms with Gasteiger partial charge in [0, 0.05) is 27.9 Å². The minimum absolute atomic E-state index is 0.0135. The Balaban J connectivity index is 1.47. The monoisotopic (exact) mass is 595 g/mol. The molecule has 3 aromatic rings. The molecule has 1 saturated heterocycles. The number of hydrogen-bond acceptors (Lipinski definition) is 7. The van der Waals surface area contributed by atoms with Crippen LogP contribution in [0, 0.1) is 24.0 Å². The zero-order valence-corrected chi connectivity index (χ0v) is 22.8. The van der Waals surface area contributed by atoms with Gasteiger partial charge in [-0.05, 0) is 72.6 Å². The summed E-state index contributed by atoms with van der Waals surface area (Å²) in [5, 5.41) is 13.2. The first-order valence-corrected chi connectivity index (χ1v) is 13.0. The van der Waals surface area contributed by atoms with Crippen molar-refractivity contribution in [3.8, 4) is 5.75 Å². The number of anilines is 1. The molecule has 0 radical (unpaired) electrons. The van der Waals surface area contributed by atoms with Crippen LogP contribution in [0.3, 0.4) is 0 Å². The summed E-state index contributed by atoms with van der Waals surface area (Å²) in [5.41, 5.74) is 3.67. The molecule has 0 atom stereocenters. The van der Waals surface area contributed by atoms with Gasteiger partial charge in [-0.25, -0.2) is 0 Å². The van der Waals surface area contributed by atoms with Crippen molar-refractivity contribution in [2.75, 3.05) is 11.9 Å². The first-order chi connectivity index (χ1) is 18.1. The summed E-state index contributed by atoms with van der Waals surface area (Å²) in [4.78, 5) is 49.7. The van der Waals surface area contributed by atoms with Crippen LogP contribution >= 0.6 is 27.7 Å². The molecule has 1 heterocycles. The van der Waals surface area contributed by atoms with Crippen LogP contribution in [-0.2, 0) is 16.1 Å². The number of aryl methyl sites for hydroxylation is 2. The van der Waals surface area contributed by atoms with Gasteiger partial charge < -0.3 is 10.1 Å². The normalized spacial score (nSPS) is 14.2. The van der Waals surface area contributed by atoms with E-state index in [9.17, 15) is 24.5 Å². The maximum atomic E-state index is 13.0. The number of nitrogens with one attached hydrogen (secondary N) is 1. The van der Waals surface area contributed by atoms with E-state index in [1.165, 1.54) is 24.3 Å². The van der Waals surface area contributed by atoms with Gasteiger partial charge in [-0.15, -0.1) is 0 Å². The highest BCUT2D eigenvalue weighted by Gasteiger charge is 2.35. The molecular weight excluding hydrogens is 574 g/mol. The number of nitrogens with zero attached hydrogens (tertiary/aromatic N) is 2. The largest absolute Gasteiger partial charge is 0.483 e. The Morgan fingerprint density at radius 2 is 1.84 bits per heavy atom. The smallest absolute Gasteiger partial charge is 0.293 e. The molecule has 38 heavy (non-hydrogen) atoms. The Bertz CT molecular complexity index is 1470. The molecule has 4 rings (SSSR count). The lowest BCUT2D eigenvalue weighted by Gasteiger charge is -2.13. The summed E-state index contributed by atoms with van der Waals surface area (Å²) < 4.78 is 6.49. The number of amides is 3. The van der Waals surface area contributed by atoms with Crippen molar-refractivity contribution in [3.63, 3.8) is 0 Å². The van der Waals surface area contributed by atoms with Crippen molar-refractivity contribution < 1.29 is 24.0 Å². The van der Waals surface area contributed by atoms with E-state index in [1.807, 2.05) is 32.0 Å². The second-order valence-electron chi connectivity index (χ2n) is 8.53. The van der Waals surface area contributed by atoms with Gasteiger partial charge >= 0.3 is 0 Å². The minimum Gasteiger partial charge on any atom is -0.483 e. The van der Waals surface area contributed by atoms with Crippen molar-refractivity contribution in [1.82, 2.24) is 4.90 Å². The molecule has 1 aliphatic heterocycles. The molecule has 1 aliphatic rings. The van der Waals surface area contributed by atoms with E-state index in [4.69, 9.17) is 4.74 Å². The number of hydrogen-bond donors (Lipinski definition) is 1. The SMILES string of the molecule is Cc1ccc(C)c(NC(=O)COc2ccc(Br)cc2/C=C2\SC(=O)N(Cc3ccc([N+](=O)[O-])cc3)C2=O)c1. The third kappa shape index (κ3) is 6.48. The van der Waals surface area contributed by atoms with E-state index in [1.54, 1.807) is 24.3 Å². The van der Waals surface area contributed by atoms with Gasteiger partial charge in [0.1, 0.15) is 5.75 Å². The molecule has 3 amide bonds. The molecule has 0 spiro atoms. The van der Waals surface area contributed by atoms with Crippen molar-refractivity contribution in [3.05, 3.63) is 102 Å². The van der Waals surface area contributed by atoms with E-state index in [2.05, 4.69) is 21.2 Å². The number of non-ortho nitro benzene ring substituents is 1. The van der Waals surface area contributed by atoms with Gasteiger partial charge in [-0.1, -0.05) is 40.2 Å². The summed E-state index contributed by atoms with van der Waals surface area (Å²) >= 11 is 4.19. The number of ether oxygens (including phenoxy) is 1. The topological polar surface area (TPSA) is 119 Å². The van der Waals surface area contributed by atoms with Gasteiger partial charge in [-0.3, -0.25) is 29.4 Å². The zero-order valence-electron chi connectivity index (χ0n) is 20.4. The Morgan fingerprint density at radius 3 is 2.55 bits per heavy atom. The average molecular weight is 596 g/mol. The number of nitro benzene ring substituents is 1. The van der Waals surface area contributed by atoms with Crippen molar-refractivity contribution in [1.29, 1.82) is 0 Å². The Labute approximate surface area is 231 Å². The lowest BCUT2D eigenvalue weighted by Crippen LogP contribution is -2.27. The summed E-state index contributed by atoms with van der Waals surface area (Å²) in [6.45, 7) is 3.57. The van der Waals surface area contributed by atoms with E-state index >= 15 is 0 Å². The highest BCUT2D eigenvalue weighted by molar-refractivity contribution is 9.10. The number of halogens is 1. The Kier molecular flexibility index (Phi) is 8.28. The molecule has 0 aromatic heterocycles. The second kappa shape index (κ2) is 11.6. The van der Waals surface area contributed by atoms with Crippen LogP contribution in [0.15, 0.2) is 70.0 Å². The predicted octanol–water partition coefficient (Wildman–Crippen LogP) is 6.23. The fourth-order valence-electron chi connectivity index (χ4n) is 3.65. The fourth-order valence-corrected chi connectivity index (χ4v) is 4.85. The molecule has 11 heteroatoms. The van der Waals surface area contributed by atoms with Crippen molar-refractivity contribution >= 4 is 62.2 Å². The Hall–Kier alpha value is -3.96. The maximum absolute atomic E-state index is 13.0. The minimum atomic E-state index is -0.516. The molecule has 194 valence electrons. The van der Waals surface area contributed by atoms with Crippen LogP contribution in [-0.4, -0.2) is 33.5 Å². The van der Waals surface area contributed by atoms with Crippen LogP contribution in [0.1, 0.15) is 22.3 Å². The number of nitro groups is 1. The zero-order chi connectivity index (χ0) is 27.4. The molecule has 9 nitrogen and oxygen atoms in total. The van der Waals surface area contributed by atoms with E-state index in [0.29, 0.717) is 22.6 Å². The fraction of sp³-hybridized carbons (Fsp3) is 0.148. The maximum Gasteiger partial charge on any atom is 0.293 e. The van der Waals surface area contributed by atoms with Crippen molar-refractivity contribution in [2.24, 2.45) is 0 Å². The quantitative estimate of drug-likeness (QED) is 0.186. The number of imide groups is 1. The number of carbonyl (C=O) groups is 3. The highest BCUT2D eigenvalue weighted by atomic mass is 79.9. The van der Waals surface area contributed by atoms with Gasteiger partial charge in [0.25, 0.3) is 22.7 Å². The number of benzene rings is 3. The van der Waals surface area contributed by atoms with Gasteiger partial charge in [0.2, 0.25) is 0 Å². The van der Waals surface area contributed by atoms with Crippen molar-refractivity contribution in [2.45, 2.75) is 20.4 Å². The molecule has 0 bridgehead atoms. The molecule has 1 fully saturated rings. The summed E-state index contributed by atoms with van der Waals surface area (Å²) in [6, 6.07) is 16.6. The number of carbonyl (C=O) groups excluding carboxylic acids is 3. The summed E-state index contributed by atoms with van der Waals surface area (Å²) in [5.74, 6) is -0.459. The first-order valence-electron chi connectivity index (χ1n) is 11.4. The molecule has 0 saturated carbocycles. The highest BCUT2D eigenvalue weighted by Crippen LogP contribution is 2.36. The molecule has 1 N–H and O–H groups in total. The number of thioether (sulfide) groups is 1. The van der Waals surface area contributed by atoms with Crippen LogP contribution in [0.5, 0.6) is 5.75 Å². The van der Waals surface area contributed by atoms with E-state index < -0.39 is 16.1 Å². The van der Waals surface area contributed by atoms with Crippen LogP contribution in [0.25, 0.3) is 6.08 Å². The number of rotatable bonds is 8. The average Bonchev–Trinajstić information content (AvgIpc) is 3.13. The second-order valence-corrected chi connectivity index (χ2v) is 10.4. The summed E-state index contributed by atoms with van der Waals surface area (Å²) in [7, 11) is 0. The Morgan fingerprint density at radius 1 is 1.11 bits per heavy atom. The van der Waals surface area contributed by atoms with Crippen LogP contribution in [0.2, 0.25) is 0 Å². The molecular formula is C27H22BrN3O6S. The molecule has 3 aromatic carbocycles. The van der Waals surface area contributed by atoms with E-state index in [0.717, 1.165) is 32.3 Å². The first kappa shape index (κ1) is 27.1. The predicted molar refractivity (Wildman–Crippen MR) is 149 cm³/mol. The molecule has 0 unspecified atom stereocenters. The third-order valence-electron chi connectivity index (χ3n) is 5.65. The van der Waals surface area contributed by atoms with E-state index in [-0.39, 0.29) is 29.7 Å². The molecule has 0 aliphatic carbocycles. The van der Waals surface area contributed by atoms with Gasteiger partial charge in [-0.2, -0.15) is 0 Å². The van der Waals surface area contributed by atoms with Gasteiger partial charge in [0.15, 0.2) is 6.61 Å². The standard InChI is InChI=1S/C27H22BrN3O6S/c1-16-3-4-17(2)22(11-16)29-25(32)15-37-23-10-7-20(28)12-19(23)13-24-26(33)30(27(34)38-24)14-18-5-8-21(9-6-18)31(35)36/h3-13H,14-15H2,1-2H3,(H,29,32)/b24-13-. The lowest BCUT2D eigenvalue weighted by atomic mass is 10.1. The van der Waals surface area contributed by atoms with Crippen LogP contribution in [0.4, 0.5) is 16.2 Å². The summed E-state index contributed by atoms with van der Waals surface area (Å²) in [6.07, 6.45) is 1.55.